The van der Waals surface area contributed by atoms with Crippen LogP contribution in [0.4, 0.5) is 5.69 Å². The number of halogens is 1. The Balaban J connectivity index is 1.67. The molecule has 25 heavy (non-hydrogen) atoms. The molecule has 0 bridgehead atoms. The fourth-order valence-electron chi connectivity index (χ4n) is 2.43. The van der Waals surface area contributed by atoms with Gasteiger partial charge in [0.25, 0.3) is 0 Å². The third-order valence-electron chi connectivity index (χ3n) is 3.76. The highest BCUT2D eigenvalue weighted by Crippen LogP contribution is 2.24. The van der Waals surface area contributed by atoms with Crippen molar-refractivity contribution in [2.24, 2.45) is 0 Å². The first-order valence-electron chi connectivity index (χ1n) is 7.83. The number of aromatic nitrogens is 2. The Kier molecular flexibility index (Phi) is 5.46. The second kappa shape index (κ2) is 7.76. The Bertz CT molecular complexity index is 907. The largest absolute Gasteiger partial charge is 0.325 e. The van der Waals surface area contributed by atoms with Gasteiger partial charge >= 0.3 is 0 Å². The monoisotopic (exact) mass is 371 g/mol. The second-order valence-electron chi connectivity index (χ2n) is 5.67. The summed E-state index contributed by atoms with van der Waals surface area (Å²) in [6.45, 7) is 3.93. The number of amides is 1. The lowest BCUT2D eigenvalue weighted by atomic mass is 10.2. The number of hydrogen-bond donors (Lipinski definition) is 1. The van der Waals surface area contributed by atoms with Gasteiger partial charge in [-0.25, -0.2) is 4.98 Å². The highest BCUT2D eigenvalue weighted by molar-refractivity contribution is 7.99. The highest BCUT2D eigenvalue weighted by atomic mass is 35.5. The zero-order valence-electron chi connectivity index (χ0n) is 14.0. The predicted molar refractivity (Wildman–Crippen MR) is 104 cm³/mol. The van der Waals surface area contributed by atoms with Crippen LogP contribution in [0.1, 0.15) is 11.1 Å². The minimum Gasteiger partial charge on any atom is -0.325 e. The molecular formula is C19H18ClN3OS. The van der Waals surface area contributed by atoms with E-state index in [0.717, 1.165) is 22.1 Å². The van der Waals surface area contributed by atoms with Crippen molar-refractivity contribution in [2.45, 2.75) is 19.0 Å². The highest BCUT2D eigenvalue weighted by Gasteiger charge is 2.11. The van der Waals surface area contributed by atoms with E-state index in [9.17, 15) is 4.79 Å². The van der Waals surface area contributed by atoms with Crippen molar-refractivity contribution >= 4 is 35.0 Å². The van der Waals surface area contributed by atoms with Crippen molar-refractivity contribution in [2.75, 3.05) is 11.1 Å². The molecule has 4 nitrogen and oxygen atoms in total. The lowest BCUT2D eigenvalue weighted by molar-refractivity contribution is -0.113. The summed E-state index contributed by atoms with van der Waals surface area (Å²) < 4.78 is 1.98. The summed E-state index contributed by atoms with van der Waals surface area (Å²) in [6, 6.07) is 13.6. The minimum absolute atomic E-state index is 0.0887. The first-order chi connectivity index (χ1) is 12.0. The molecule has 6 heteroatoms. The summed E-state index contributed by atoms with van der Waals surface area (Å²) >= 11 is 7.49. The summed E-state index contributed by atoms with van der Waals surface area (Å²) in [5, 5.41) is 4.32. The molecular weight excluding hydrogens is 354 g/mol. The normalized spacial score (nSPS) is 10.7. The molecule has 0 radical (unpaired) electrons. The Labute approximate surface area is 156 Å². The summed E-state index contributed by atoms with van der Waals surface area (Å²) in [5.74, 6) is 0.184. The van der Waals surface area contributed by atoms with Crippen LogP contribution in [0, 0.1) is 13.8 Å². The van der Waals surface area contributed by atoms with E-state index >= 15 is 0 Å². The fourth-order valence-corrected chi connectivity index (χ4v) is 3.38. The summed E-state index contributed by atoms with van der Waals surface area (Å²) in [5.41, 5.74) is 3.81. The molecule has 0 aliphatic rings. The summed E-state index contributed by atoms with van der Waals surface area (Å²) in [4.78, 5) is 16.6. The van der Waals surface area contributed by atoms with Crippen LogP contribution in [0.2, 0.25) is 5.02 Å². The molecule has 0 fully saturated rings. The van der Waals surface area contributed by atoms with Gasteiger partial charge in [-0.2, -0.15) is 0 Å². The van der Waals surface area contributed by atoms with Crippen LogP contribution in [0.15, 0.2) is 60.0 Å². The lowest BCUT2D eigenvalue weighted by Crippen LogP contribution is -2.15. The number of anilines is 1. The minimum atomic E-state index is -0.0887. The van der Waals surface area contributed by atoms with E-state index in [1.54, 1.807) is 12.3 Å². The first-order valence-corrected chi connectivity index (χ1v) is 9.19. The fraction of sp³-hybridized carbons (Fsp3) is 0.158. The summed E-state index contributed by atoms with van der Waals surface area (Å²) in [7, 11) is 0. The van der Waals surface area contributed by atoms with E-state index in [0.29, 0.717) is 5.02 Å². The molecule has 3 aromatic rings. The first kappa shape index (κ1) is 17.6. The SMILES string of the molecule is Cc1cccc(-n2ccnc2SCC(=O)Nc2cccc(Cl)c2C)c1. The third-order valence-corrected chi connectivity index (χ3v) is 5.14. The lowest BCUT2D eigenvalue weighted by Gasteiger charge is -2.10. The number of benzene rings is 2. The molecule has 128 valence electrons. The van der Waals surface area contributed by atoms with E-state index in [-0.39, 0.29) is 11.7 Å². The molecule has 2 aromatic carbocycles. The molecule has 0 saturated carbocycles. The number of nitrogens with one attached hydrogen (secondary N) is 1. The Morgan fingerprint density at radius 1 is 1.24 bits per heavy atom. The Hall–Kier alpha value is -2.24. The standard InChI is InChI=1S/C19H18ClN3OS/c1-13-5-3-6-15(11-13)23-10-9-21-19(23)25-12-18(24)22-17-8-4-7-16(20)14(17)2/h3-11H,12H2,1-2H3,(H,22,24). The zero-order valence-corrected chi connectivity index (χ0v) is 15.6. The zero-order chi connectivity index (χ0) is 17.8. The molecule has 0 unspecified atom stereocenters. The maximum absolute atomic E-state index is 12.3. The van der Waals surface area contributed by atoms with Gasteiger partial charge in [0, 0.05) is 28.8 Å². The van der Waals surface area contributed by atoms with Crippen molar-refractivity contribution in [1.82, 2.24) is 9.55 Å². The Morgan fingerprint density at radius 3 is 2.84 bits per heavy atom. The van der Waals surface area contributed by atoms with Gasteiger partial charge in [-0.1, -0.05) is 41.6 Å². The molecule has 1 amide bonds. The molecule has 0 aliphatic heterocycles. The van der Waals surface area contributed by atoms with Crippen LogP contribution in [0.5, 0.6) is 0 Å². The number of carbonyl (C=O) groups is 1. The Morgan fingerprint density at radius 2 is 2.04 bits per heavy atom. The maximum atomic E-state index is 12.3. The van der Waals surface area contributed by atoms with Crippen LogP contribution in [0.3, 0.4) is 0 Å². The number of nitrogens with zero attached hydrogens (tertiary/aromatic N) is 2. The van der Waals surface area contributed by atoms with Crippen LogP contribution in [-0.2, 0) is 4.79 Å². The molecule has 1 N–H and O–H groups in total. The quantitative estimate of drug-likeness (QED) is 0.650. The van der Waals surface area contributed by atoms with Crippen molar-refractivity contribution in [3.05, 3.63) is 71.0 Å². The number of hydrogen-bond acceptors (Lipinski definition) is 3. The number of rotatable bonds is 5. The van der Waals surface area contributed by atoms with E-state index in [2.05, 4.69) is 16.4 Å². The molecule has 1 aromatic heterocycles. The molecule has 0 aliphatic carbocycles. The van der Waals surface area contributed by atoms with Gasteiger partial charge in [0.15, 0.2) is 5.16 Å². The number of carbonyl (C=O) groups excluding carboxylic acids is 1. The van der Waals surface area contributed by atoms with Gasteiger partial charge in [-0.3, -0.25) is 9.36 Å². The van der Waals surface area contributed by atoms with Gasteiger partial charge in [-0.15, -0.1) is 0 Å². The molecule has 0 saturated heterocycles. The van der Waals surface area contributed by atoms with Gasteiger partial charge in [0.05, 0.1) is 5.75 Å². The summed E-state index contributed by atoms with van der Waals surface area (Å²) in [6.07, 6.45) is 3.64. The van der Waals surface area contributed by atoms with Crippen molar-refractivity contribution in [3.63, 3.8) is 0 Å². The van der Waals surface area contributed by atoms with Crippen molar-refractivity contribution in [1.29, 1.82) is 0 Å². The molecule has 0 atom stereocenters. The topological polar surface area (TPSA) is 46.9 Å². The molecule has 0 spiro atoms. The number of imidazole rings is 1. The molecule has 1 heterocycles. The van der Waals surface area contributed by atoms with Gasteiger partial charge < -0.3 is 5.32 Å². The van der Waals surface area contributed by atoms with Crippen molar-refractivity contribution < 1.29 is 4.79 Å². The van der Waals surface area contributed by atoms with E-state index in [1.807, 2.05) is 54.9 Å². The van der Waals surface area contributed by atoms with Gasteiger partial charge in [0.2, 0.25) is 5.91 Å². The second-order valence-corrected chi connectivity index (χ2v) is 7.02. The smallest absolute Gasteiger partial charge is 0.234 e. The number of aryl methyl sites for hydroxylation is 1. The average molecular weight is 372 g/mol. The van der Waals surface area contributed by atoms with Crippen LogP contribution in [-0.4, -0.2) is 21.2 Å². The van der Waals surface area contributed by atoms with Gasteiger partial charge in [0.1, 0.15) is 0 Å². The average Bonchev–Trinajstić information content (AvgIpc) is 3.06. The van der Waals surface area contributed by atoms with Crippen LogP contribution >= 0.6 is 23.4 Å². The maximum Gasteiger partial charge on any atom is 0.234 e. The van der Waals surface area contributed by atoms with Crippen molar-refractivity contribution in [3.8, 4) is 5.69 Å². The number of thioether (sulfide) groups is 1. The van der Waals surface area contributed by atoms with E-state index in [1.165, 1.54) is 17.3 Å². The van der Waals surface area contributed by atoms with E-state index in [4.69, 9.17) is 11.6 Å². The van der Waals surface area contributed by atoms with Gasteiger partial charge in [-0.05, 0) is 49.2 Å². The molecule has 3 rings (SSSR count). The van der Waals surface area contributed by atoms with Crippen LogP contribution in [0.25, 0.3) is 5.69 Å². The predicted octanol–water partition coefficient (Wildman–Crippen LogP) is 4.87. The van der Waals surface area contributed by atoms with E-state index < -0.39 is 0 Å². The third kappa shape index (κ3) is 4.24. The van der Waals surface area contributed by atoms with Crippen LogP contribution < -0.4 is 5.32 Å².